The van der Waals surface area contributed by atoms with Crippen molar-refractivity contribution in [1.29, 1.82) is 0 Å². The smallest absolute Gasteiger partial charge is 0.370 e. The molecule has 0 bridgehead atoms. The second kappa shape index (κ2) is 7.03. The number of alkyl halides is 3. The summed E-state index contributed by atoms with van der Waals surface area (Å²) in [6, 6.07) is -0.213. The van der Waals surface area contributed by atoms with Gasteiger partial charge >= 0.3 is 6.18 Å². The molecule has 3 N–H and O–H groups in total. The molecule has 0 spiro atoms. The van der Waals surface area contributed by atoms with Crippen molar-refractivity contribution in [3.63, 3.8) is 0 Å². The molecule has 0 amide bonds. The lowest BCUT2D eigenvalue weighted by atomic mass is 10.0. The van der Waals surface area contributed by atoms with Crippen LogP contribution in [0.1, 0.15) is 26.7 Å². The molecule has 0 saturated heterocycles. The summed E-state index contributed by atoms with van der Waals surface area (Å²) in [6.07, 6.45) is -2.65. The molecule has 0 heterocycles. The predicted molar refractivity (Wildman–Crippen MR) is 52.1 cm³/mol. The van der Waals surface area contributed by atoms with Gasteiger partial charge in [0.25, 0.3) is 0 Å². The molecule has 0 saturated carbocycles. The molecule has 3 nitrogen and oxygen atoms in total. The second-order valence-electron chi connectivity index (χ2n) is 3.97. The van der Waals surface area contributed by atoms with Gasteiger partial charge in [-0.25, -0.2) is 0 Å². The Morgan fingerprint density at radius 3 is 2.27 bits per heavy atom. The molecule has 0 fully saturated rings. The third-order valence-corrected chi connectivity index (χ3v) is 1.91. The topological polar surface area (TPSA) is 47.3 Å². The molecular formula is C9H19F3N2O. The van der Waals surface area contributed by atoms with E-state index in [1.165, 1.54) is 0 Å². The molecule has 1 atom stereocenters. The first kappa shape index (κ1) is 14.7. The van der Waals surface area contributed by atoms with Crippen LogP contribution in [0.5, 0.6) is 0 Å². The average molecular weight is 228 g/mol. The maximum atomic E-state index is 11.7. The van der Waals surface area contributed by atoms with Gasteiger partial charge in [0.15, 0.2) is 0 Å². The van der Waals surface area contributed by atoms with Crippen molar-refractivity contribution in [2.45, 2.75) is 38.9 Å². The van der Waals surface area contributed by atoms with Crippen LogP contribution in [-0.2, 0) is 4.74 Å². The van der Waals surface area contributed by atoms with Crippen molar-refractivity contribution in [2.24, 2.45) is 11.8 Å². The minimum atomic E-state index is -4.27. The van der Waals surface area contributed by atoms with Gasteiger partial charge in [0, 0.05) is 6.04 Å². The van der Waals surface area contributed by atoms with Crippen molar-refractivity contribution in [3.8, 4) is 0 Å². The van der Waals surface area contributed by atoms with Gasteiger partial charge in [-0.15, -0.1) is 0 Å². The number of hydrogen-bond donors (Lipinski definition) is 2. The lowest BCUT2D eigenvalue weighted by Gasteiger charge is -2.17. The average Bonchev–Trinajstić information content (AvgIpc) is 2.08. The van der Waals surface area contributed by atoms with E-state index in [9.17, 15) is 13.2 Å². The molecule has 0 aromatic carbocycles. The molecule has 0 aromatic heterocycles. The van der Waals surface area contributed by atoms with Crippen LogP contribution in [0.4, 0.5) is 13.2 Å². The minimum absolute atomic E-state index is 0.0112. The first-order valence-electron chi connectivity index (χ1n) is 4.95. The molecular weight excluding hydrogens is 209 g/mol. The standard InChI is InChI=1S/C9H19F3N2O/c1-7(2)3-4-8(14-13)5-15-6-9(10,11)12/h7-8,14H,3-6,13H2,1-2H3. The zero-order valence-corrected chi connectivity index (χ0v) is 9.10. The fraction of sp³-hybridized carbons (Fsp3) is 1.00. The Balaban J connectivity index is 3.62. The first-order valence-corrected chi connectivity index (χ1v) is 4.95. The summed E-state index contributed by atoms with van der Waals surface area (Å²) in [5.74, 6) is 5.70. The van der Waals surface area contributed by atoms with Gasteiger partial charge in [-0.2, -0.15) is 13.2 Å². The quantitative estimate of drug-likeness (QED) is 0.516. The number of ether oxygens (including phenoxy) is 1. The van der Waals surface area contributed by atoms with Gasteiger partial charge in [-0.3, -0.25) is 11.3 Å². The van der Waals surface area contributed by atoms with Crippen LogP contribution in [-0.4, -0.2) is 25.4 Å². The Morgan fingerprint density at radius 1 is 1.27 bits per heavy atom. The monoisotopic (exact) mass is 228 g/mol. The Labute approximate surface area is 88.1 Å². The number of hydrazine groups is 1. The minimum Gasteiger partial charge on any atom is -0.370 e. The third-order valence-electron chi connectivity index (χ3n) is 1.91. The summed E-state index contributed by atoms with van der Waals surface area (Å²) in [6.45, 7) is 2.86. The van der Waals surface area contributed by atoms with Crippen molar-refractivity contribution in [1.82, 2.24) is 5.43 Å². The van der Waals surface area contributed by atoms with E-state index in [-0.39, 0.29) is 12.6 Å². The molecule has 0 aliphatic carbocycles. The summed E-state index contributed by atoms with van der Waals surface area (Å²) in [7, 11) is 0. The number of nitrogens with two attached hydrogens (primary N) is 1. The van der Waals surface area contributed by atoms with Crippen molar-refractivity contribution < 1.29 is 17.9 Å². The largest absolute Gasteiger partial charge is 0.411 e. The van der Waals surface area contributed by atoms with Crippen molar-refractivity contribution >= 4 is 0 Å². The van der Waals surface area contributed by atoms with Crippen molar-refractivity contribution in [2.75, 3.05) is 13.2 Å². The Bertz CT molecular complexity index is 162. The number of halogens is 3. The molecule has 6 heteroatoms. The first-order chi connectivity index (χ1) is 6.85. The van der Waals surface area contributed by atoms with Gasteiger partial charge < -0.3 is 4.74 Å². The van der Waals surface area contributed by atoms with Gasteiger partial charge in [-0.05, 0) is 18.8 Å². The molecule has 0 rings (SSSR count). The molecule has 92 valence electrons. The normalized spacial score (nSPS) is 14.6. The SMILES string of the molecule is CC(C)CCC(COCC(F)(F)F)NN. The molecule has 0 aromatic rings. The number of hydrogen-bond acceptors (Lipinski definition) is 3. The van der Waals surface area contributed by atoms with E-state index >= 15 is 0 Å². The summed E-state index contributed by atoms with van der Waals surface area (Å²) in [4.78, 5) is 0. The molecule has 0 aliphatic rings. The van der Waals surface area contributed by atoms with Crippen LogP contribution in [0.3, 0.4) is 0 Å². The van der Waals surface area contributed by atoms with Crippen LogP contribution in [0, 0.1) is 5.92 Å². The van der Waals surface area contributed by atoms with Gasteiger partial charge in [-0.1, -0.05) is 13.8 Å². The zero-order valence-electron chi connectivity index (χ0n) is 9.10. The van der Waals surface area contributed by atoms with Crippen LogP contribution in [0.25, 0.3) is 0 Å². The molecule has 15 heavy (non-hydrogen) atoms. The van der Waals surface area contributed by atoms with E-state index in [2.05, 4.69) is 10.2 Å². The summed E-state index contributed by atoms with van der Waals surface area (Å²) < 4.78 is 39.8. The maximum absolute atomic E-state index is 11.7. The van der Waals surface area contributed by atoms with E-state index in [0.29, 0.717) is 12.3 Å². The highest BCUT2D eigenvalue weighted by molar-refractivity contribution is 4.64. The fourth-order valence-corrected chi connectivity index (χ4v) is 1.07. The third kappa shape index (κ3) is 9.96. The predicted octanol–water partition coefficient (Wildman–Crippen LogP) is 1.83. The fourth-order valence-electron chi connectivity index (χ4n) is 1.07. The molecule has 1 unspecified atom stereocenters. The van der Waals surface area contributed by atoms with Crippen LogP contribution in [0.2, 0.25) is 0 Å². The Kier molecular flexibility index (Phi) is 6.87. The second-order valence-corrected chi connectivity index (χ2v) is 3.97. The van der Waals surface area contributed by atoms with E-state index in [4.69, 9.17) is 5.84 Å². The molecule has 0 aliphatic heterocycles. The highest BCUT2D eigenvalue weighted by atomic mass is 19.4. The highest BCUT2D eigenvalue weighted by Crippen LogP contribution is 2.15. The lowest BCUT2D eigenvalue weighted by molar-refractivity contribution is -0.175. The highest BCUT2D eigenvalue weighted by Gasteiger charge is 2.27. The molecule has 0 radical (unpaired) electrons. The summed E-state index contributed by atoms with van der Waals surface area (Å²) in [5.41, 5.74) is 2.45. The van der Waals surface area contributed by atoms with E-state index in [1.807, 2.05) is 13.8 Å². The van der Waals surface area contributed by atoms with Crippen LogP contribution < -0.4 is 11.3 Å². The van der Waals surface area contributed by atoms with E-state index in [0.717, 1.165) is 6.42 Å². The van der Waals surface area contributed by atoms with E-state index in [1.54, 1.807) is 0 Å². The van der Waals surface area contributed by atoms with E-state index < -0.39 is 12.8 Å². The van der Waals surface area contributed by atoms with Crippen LogP contribution >= 0.6 is 0 Å². The maximum Gasteiger partial charge on any atom is 0.411 e. The van der Waals surface area contributed by atoms with Crippen molar-refractivity contribution in [3.05, 3.63) is 0 Å². The van der Waals surface area contributed by atoms with Crippen LogP contribution in [0.15, 0.2) is 0 Å². The zero-order chi connectivity index (χ0) is 11.9. The summed E-state index contributed by atoms with van der Waals surface area (Å²) >= 11 is 0. The Hall–Kier alpha value is -0.330. The lowest BCUT2D eigenvalue weighted by Crippen LogP contribution is -2.39. The van der Waals surface area contributed by atoms with Gasteiger partial charge in [0.05, 0.1) is 6.61 Å². The number of nitrogens with one attached hydrogen (secondary N) is 1. The summed E-state index contributed by atoms with van der Waals surface area (Å²) in [5, 5.41) is 0. The van der Waals surface area contributed by atoms with Gasteiger partial charge in [0.1, 0.15) is 6.61 Å². The Morgan fingerprint density at radius 2 is 1.87 bits per heavy atom. The number of rotatable bonds is 7. The van der Waals surface area contributed by atoms with Gasteiger partial charge in [0.2, 0.25) is 0 Å².